The van der Waals surface area contributed by atoms with Crippen LogP contribution in [0.5, 0.6) is 5.75 Å². The van der Waals surface area contributed by atoms with Crippen molar-refractivity contribution in [2.75, 3.05) is 7.05 Å². The van der Waals surface area contributed by atoms with Crippen LogP contribution in [0.1, 0.15) is 28.1 Å². The van der Waals surface area contributed by atoms with Crippen molar-refractivity contribution in [2.24, 2.45) is 0 Å². The summed E-state index contributed by atoms with van der Waals surface area (Å²) in [7, 11) is 1.88. The van der Waals surface area contributed by atoms with E-state index < -0.39 is 0 Å². The lowest BCUT2D eigenvalue weighted by Crippen LogP contribution is -2.04. The van der Waals surface area contributed by atoms with Crippen LogP contribution in [-0.4, -0.2) is 12.2 Å². The fourth-order valence-corrected chi connectivity index (χ4v) is 1.99. The van der Waals surface area contributed by atoms with Crippen molar-refractivity contribution in [1.82, 2.24) is 10.5 Å². The van der Waals surface area contributed by atoms with E-state index in [1.807, 2.05) is 19.2 Å². The Morgan fingerprint density at radius 3 is 2.74 bits per heavy atom. The Bertz CT molecular complexity index is 561. The molecule has 102 valence electrons. The molecule has 0 bridgehead atoms. The van der Waals surface area contributed by atoms with Crippen molar-refractivity contribution in [3.8, 4) is 5.75 Å². The van der Waals surface area contributed by atoms with E-state index in [4.69, 9.17) is 9.26 Å². The van der Waals surface area contributed by atoms with Gasteiger partial charge in [0.25, 0.3) is 0 Å². The van der Waals surface area contributed by atoms with Gasteiger partial charge >= 0.3 is 0 Å². The molecular formula is C15H20N2O2. The molecule has 0 aliphatic heterocycles. The molecule has 1 aromatic heterocycles. The van der Waals surface area contributed by atoms with Crippen molar-refractivity contribution in [3.05, 3.63) is 46.3 Å². The lowest BCUT2D eigenvalue weighted by molar-refractivity contribution is 0.247. The number of hydrogen-bond donors (Lipinski definition) is 1. The molecule has 1 N–H and O–H groups in total. The molecule has 0 aliphatic rings. The predicted molar refractivity (Wildman–Crippen MR) is 74.3 cm³/mol. The molecule has 0 atom stereocenters. The zero-order chi connectivity index (χ0) is 13.8. The van der Waals surface area contributed by atoms with Gasteiger partial charge in [-0.3, -0.25) is 0 Å². The quantitative estimate of drug-likeness (QED) is 0.898. The number of hydrogen-bond acceptors (Lipinski definition) is 4. The van der Waals surface area contributed by atoms with Gasteiger partial charge in [0.15, 0.2) is 5.76 Å². The van der Waals surface area contributed by atoms with E-state index >= 15 is 0 Å². The summed E-state index contributed by atoms with van der Waals surface area (Å²) in [6.07, 6.45) is 0. The summed E-state index contributed by atoms with van der Waals surface area (Å²) in [6.45, 7) is 7.33. The van der Waals surface area contributed by atoms with E-state index in [0.29, 0.717) is 13.2 Å². The third-order valence-electron chi connectivity index (χ3n) is 3.10. The first kappa shape index (κ1) is 13.6. The van der Waals surface area contributed by atoms with Crippen LogP contribution in [0.15, 0.2) is 22.7 Å². The molecule has 19 heavy (non-hydrogen) atoms. The highest BCUT2D eigenvalue weighted by atomic mass is 16.5. The summed E-state index contributed by atoms with van der Waals surface area (Å²) in [6, 6.07) is 6.11. The summed E-state index contributed by atoms with van der Waals surface area (Å²) in [4.78, 5) is 0. The molecule has 4 heteroatoms. The summed E-state index contributed by atoms with van der Waals surface area (Å²) >= 11 is 0. The average Bonchev–Trinajstić information content (AvgIpc) is 2.80. The molecule has 0 amide bonds. The van der Waals surface area contributed by atoms with Gasteiger partial charge in [0.1, 0.15) is 12.4 Å². The second-order valence-corrected chi connectivity index (χ2v) is 4.81. The number of aryl methyl sites for hydroxylation is 2. The van der Waals surface area contributed by atoms with Crippen molar-refractivity contribution in [2.45, 2.75) is 33.9 Å². The molecule has 0 aliphatic carbocycles. The van der Waals surface area contributed by atoms with Gasteiger partial charge < -0.3 is 14.6 Å². The molecule has 0 spiro atoms. The van der Waals surface area contributed by atoms with Gasteiger partial charge in [0, 0.05) is 12.6 Å². The highest BCUT2D eigenvalue weighted by molar-refractivity contribution is 5.41. The number of aromatic nitrogens is 1. The molecule has 0 saturated heterocycles. The summed E-state index contributed by atoms with van der Waals surface area (Å²) in [5, 5.41) is 6.99. The van der Waals surface area contributed by atoms with Crippen LogP contribution in [0, 0.1) is 20.8 Å². The number of benzene rings is 1. The van der Waals surface area contributed by atoms with Crippen LogP contribution in [-0.2, 0) is 13.2 Å². The molecule has 1 heterocycles. The smallest absolute Gasteiger partial charge is 0.174 e. The van der Waals surface area contributed by atoms with Gasteiger partial charge in [-0.15, -0.1) is 0 Å². The Morgan fingerprint density at radius 1 is 1.21 bits per heavy atom. The first-order valence-electron chi connectivity index (χ1n) is 6.40. The van der Waals surface area contributed by atoms with E-state index in [2.05, 4.69) is 37.3 Å². The van der Waals surface area contributed by atoms with Crippen LogP contribution in [0.25, 0.3) is 0 Å². The van der Waals surface area contributed by atoms with Crippen molar-refractivity contribution < 1.29 is 9.26 Å². The highest BCUT2D eigenvalue weighted by Gasteiger charge is 2.07. The fourth-order valence-electron chi connectivity index (χ4n) is 1.99. The molecular weight excluding hydrogens is 240 g/mol. The third kappa shape index (κ3) is 3.35. The van der Waals surface area contributed by atoms with Crippen LogP contribution < -0.4 is 10.1 Å². The number of rotatable bonds is 5. The minimum Gasteiger partial charge on any atom is -0.485 e. The maximum Gasteiger partial charge on any atom is 0.174 e. The highest BCUT2D eigenvalue weighted by Crippen LogP contribution is 2.24. The Morgan fingerprint density at radius 2 is 2.00 bits per heavy atom. The van der Waals surface area contributed by atoms with Crippen molar-refractivity contribution in [1.29, 1.82) is 0 Å². The normalized spacial score (nSPS) is 10.7. The molecule has 0 radical (unpaired) electrons. The Hall–Kier alpha value is -1.81. The maximum absolute atomic E-state index is 5.82. The van der Waals surface area contributed by atoms with Gasteiger partial charge in [-0.05, 0) is 50.6 Å². The summed E-state index contributed by atoms with van der Waals surface area (Å²) in [5.41, 5.74) is 4.49. The molecule has 2 rings (SSSR count). The van der Waals surface area contributed by atoms with Gasteiger partial charge in [-0.1, -0.05) is 11.2 Å². The predicted octanol–water partition coefficient (Wildman–Crippen LogP) is 2.90. The summed E-state index contributed by atoms with van der Waals surface area (Å²) < 4.78 is 11.0. The van der Waals surface area contributed by atoms with Gasteiger partial charge in [-0.2, -0.15) is 0 Å². The van der Waals surface area contributed by atoms with Gasteiger partial charge in [0.2, 0.25) is 0 Å². The Labute approximate surface area is 113 Å². The SMILES string of the molecule is CNCc1cc(COc2cc(C)cc(C)c2C)on1. The fraction of sp³-hybridized carbons (Fsp3) is 0.400. The molecule has 4 nitrogen and oxygen atoms in total. The first-order chi connectivity index (χ1) is 9.10. The van der Waals surface area contributed by atoms with Crippen LogP contribution >= 0.6 is 0 Å². The number of nitrogens with one attached hydrogen (secondary N) is 1. The monoisotopic (exact) mass is 260 g/mol. The van der Waals surface area contributed by atoms with E-state index in [-0.39, 0.29) is 0 Å². The first-order valence-corrected chi connectivity index (χ1v) is 6.40. The average molecular weight is 260 g/mol. The maximum atomic E-state index is 5.82. The zero-order valence-electron chi connectivity index (χ0n) is 11.9. The number of nitrogens with zero attached hydrogens (tertiary/aromatic N) is 1. The minimum absolute atomic E-state index is 0.403. The van der Waals surface area contributed by atoms with Crippen molar-refractivity contribution >= 4 is 0 Å². The Kier molecular flexibility index (Phi) is 4.22. The largest absolute Gasteiger partial charge is 0.485 e. The molecule has 1 aromatic carbocycles. The number of ether oxygens (including phenoxy) is 1. The minimum atomic E-state index is 0.403. The van der Waals surface area contributed by atoms with E-state index in [1.54, 1.807) is 0 Å². The molecule has 2 aromatic rings. The lowest BCUT2D eigenvalue weighted by Gasteiger charge is -2.11. The third-order valence-corrected chi connectivity index (χ3v) is 3.10. The zero-order valence-corrected chi connectivity index (χ0v) is 11.9. The van der Waals surface area contributed by atoms with Crippen LogP contribution in [0.3, 0.4) is 0 Å². The van der Waals surface area contributed by atoms with Crippen LogP contribution in [0.4, 0.5) is 0 Å². The van der Waals surface area contributed by atoms with E-state index in [1.165, 1.54) is 16.7 Å². The lowest BCUT2D eigenvalue weighted by atomic mass is 10.1. The van der Waals surface area contributed by atoms with Gasteiger partial charge in [-0.25, -0.2) is 0 Å². The molecule has 0 unspecified atom stereocenters. The van der Waals surface area contributed by atoms with E-state index in [9.17, 15) is 0 Å². The summed E-state index contributed by atoms with van der Waals surface area (Å²) in [5.74, 6) is 1.65. The standard InChI is InChI=1S/C15H20N2O2/c1-10-5-11(2)12(3)15(6-10)18-9-14-7-13(8-16-4)17-19-14/h5-7,16H,8-9H2,1-4H3. The van der Waals surface area contributed by atoms with E-state index in [0.717, 1.165) is 17.2 Å². The van der Waals surface area contributed by atoms with Crippen molar-refractivity contribution in [3.63, 3.8) is 0 Å². The topological polar surface area (TPSA) is 47.3 Å². The second-order valence-electron chi connectivity index (χ2n) is 4.81. The second kappa shape index (κ2) is 5.89. The molecule has 0 saturated carbocycles. The molecule has 0 fully saturated rings. The van der Waals surface area contributed by atoms with Crippen LogP contribution in [0.2, 0.25) is 0 Å². The van der Waals surface area contributed by atoms with Gasteiger partial charge in [0.05, 0.1) is 5.69 Å². The Balaban J connectivity index is 2.05.